The van der Waals surface area contributed by atoms with Crippen molar-refractivity contribution in [3.05, 3.63) is 77.2 Å². The minimum absolute atomic E-state index is 0.0547. The van der Waals surface area contributed by atoms with Gasteiger partial charge in [-0.2, -0.15) is 13.9 Å². The molecule has 10 heteroatoms. The summed E-state index contributed by atoms with van der Waals surface area (Å²) < 4.78 is 29.5. The molecule has 0 spiro atoms. The van der Waals surface area contributed by atoms with Crippen LogP contribution in [0.2, 0.25) is 0 Å². The van der Waals surface area contributed by atoms with Gasteiger partial charge in [-0.05, 0) is 73.5 Å². The second kappa shape index (κ2) is 7.86. The number of aryl methyl sites for hydroxylation is 2. The van der Waals surface area contributed by atoms with E-state index in [0.29, 0.717) is 11.4 Å². The summed E-state index contributed by atoms with van der Waals surface area (Å²) in [5, 5.41) is 3.93. The molecule has 1 N–H and O–H groups in total. The number of anilines is 1. The van der Waals surface area contributed by atoms with Crippen LogP contribution in [0.15, 0.2) is 54.6 Å². The van der Waals surface area contributed by atoms with Gasteiger partial charge in [-0.1, -0.05) is 6.07 Å². The zero-order valence-electron chi connectivity index (χ0n) is 17.4. The molecule has 0 unspecified atom stereocenters. The van der Waals surface area contributed by atoms with Crippen LogP contribution in [0.3, 0.4) is 0 Å². The number of nitrogens with zero attached hydrogens (tertiary/aromatic N) is 4. The summed E-state index contributed by atoms with van der Waals surface area (Å²) in [4.78, 5) is 21.5. The van der Waals surface area contributed by atoms with Gasteiger partial charge in [0.25, 0.3) is 5.91 Å². The Morgan fingerprint density at radius 2 is 1.82 bits per heavy atom. The highest BCUT2D eigenvalue weighted by molar-refractivity contribution is 7.21. The van der Waals surface area contributed by atoms with Crippen LogP contribution in [-0.4, -0.2) is 25.5 Å². The number of carbonyl (C=O) groups excluding carboxylic acids is 1. The molecule has 166 valence electrons. The molecular weight excluding hydrogens is 468 g/mol. The molecule has 0 aliphatic carbocycles. The molecule has 0 saturated heterocycles. The summed E-state index contributed by atoms with van der Waals surface area (Å²) in [6, 6.07) is 15.8. The van der Waals surface area contributed by atoms with Crippen molar-refractivity contribution in [3.8, 4) is 10.6 Å². The number of hydrogen-bond donors (Lipinski definition) is 1. The molecule has 0 bridgehead atoms. The molecular formula is C23H16ClF2N5OS. The average molecular weight is 484 g/mol. The Bertz CT molecular complexity index is 1520. The van der Waals surface area contributed by atoms with Crippen molar-refractivity contribution in [2.75, 3.05) is 5.32 Å². The third-order valence-corrected chi connectivity index (χ3v) is 6.27. The number of hydrogen-bond acceptors (Lipinski definition) is 5. The first-order valence-corrected chi connectivity index (χ1v) is 11.1. The van der Waals surface area contributed by atoms with E-state index in [1.54, 1.807) is 30.4 Å². The SMILES string of the molecule is Cc1ccc2nc(-c3ccc(NC(=O)c4cc5nc(C)cc(C(F)(F)Cl)n5n4)cc3)sc2c1. The van der Waals surface area contributed by atoms with E-state index in [1.165, 1.54) is 11.6 Å². The largest absolute Gasteiger partial charge is 0.364 e. The number of fused-ring (bicyclic) bond motifs is 2. The first kappa shape index (κ1) is 21.4. The summed E-state index contributed by atoms with van der Waals surface area (Å²) in [5.41, 5.74) is 3.41. The van der Waals surface area contributed by atoms with Gasteiger partial charge in [-0.3, -0.25) is 4.79 Å². The summed E-state index contributed by atoms with van der Waals surface area (Å²) in [7, 11) is 0. The van der Waals surface area contributed by atoms with Crippen molar-refractivity contribution in [3.63, 3.8) is 0 Å². The van der Waals surface area contributed by atoms with E-state index >= 15 is 0 Å². The van der Waals surface area contributed by atoms with Crippen molar-refractivity contribution in [2.45, 2.75) is 19.2 Å². The van der Waals surface area contributed by atoms with Gasteiger partial charge >= 0.3 is 5.38 Å². The molecule has 33 heavy (non-hydrogen) atoms. The Labute approximate surface area is 195 Å². The van der Waals surface area contributed by atoms with Crippen LogP contribution in [-0.2, 0) is 5.38 Å². The third kappa shape index (κ3) is 4.17. The summed E-state index contributed by atoms with van der Waals surface area (Å²) in [6.45, 7) is 3.60. The van der Waals surface area contributed by atoms with Crippen LogP contribution in [0.1, 0.15) is 27.4 Å². The number of thiazole rings is 1. The summed E-state index contributed by atoms with van der Waals surface area (Å²) >= 11 is 6.80. The van der Waals surface area contributed by atoms with Crippen molar-refractivity contribution in [1.29, 1.82) is 0 Å². The van der Waals surface area contributed by atoms with Gasteiger partial charge in [0.2, 0.25) is 0 Å². The molecule has 5 aromatic rings. The van der Waals surface area contributed by atoms with Crippen molar-refractivity contribution < 1.29 is 13.6 Å². The molecule has 5 rings (SSSR count). The predicted molar refractivity (Wildman–Crippen MR) is 125 cm³/mol. The molecule has 3 aromatic heterocycles. The van der Waals surface area contributed by atoms with Crippen molar-refractivity contribution in [1.82, 2.24) is 19.6 Å². The van der Waals surface area contributed by atoms with Crippen molar-refractivity contribution in [2.24, 2.45) is 0 Å². The Morgan fingerprint density at radius 3 is 2.55 bits per heavy atom. The molecule has 0 aliphatic rings. The Morgan fingerprint density at radius 1 is 1.06 bits per heavy atom. The fourth-order valence-electron chi connectivity index (χ4n) is 3.46. The smallest absolute Gasteiger partial charge is 0.321 e. The number of alkyl halides is 3. The molecule has 0 aliphatic heterocycles. The van der Waals surface area contributed by atoms with Gasteiger partial charge in [-0.15, -0.1) is 11.3 Å². The Balaban J connectivity index is 1.39. The second-order valence-electron chi connectivity index (χ2n) is 7.60. The molecule has 0 radical (unpaired) electrons. The fourth-order valence-corrected chi connectivity index (χ4v) is 4.66. The van der Waals surface area contributed by atoms with Gasteiger partial charge in [0.1, 0.15) is 10.7 Å². The number of nitrogens with one attached hydrogen (secondary N) is 1. The van der Waals surface area contributed by atoms with E-state index in [1.807, 2.05) is 31.2 Å². The van der Waals surface area contributed by atoms with Crippen LogP contribution in [0.5, 0.6) is 0 Å². The van der Waals surface area contributed by atoms with Gasteiger partial charge < -0.3 is 5.32 Å². The average Bonchev–Trinajstić information content (AvgIpc) is 3.36. The lowest BCUT2D eigenvalue weighted by molar-refractivity contribution is 0.0868. The quantitative estimate of drug-likeness (QED) is 0.310. The number of aromatic nitrogens is 4. The van der Waals surface area contributed by atoms with Crippen molar-refractivity contribution >= 4 is 50.4 Å². The lowest BCUT2D eigenvalue weighted by atomic mass is 10.2. The highest BCUT2D eigenvalue weighted by Crippen LogP contribution is 2.33. The maximum Gasteiger partial charge on any atom is 0.364 e. The van der Waals surface area contributed by atoms with Crippen LogP contribution in [0.25, 0.3) is 26.4 Å². The lowest BCUT2D eigenvalue weighted by Gasteiger charge is -2.10. The van der Waals surface area contributed by atoms with Crippen LogP contribution < -0.4 is 5.32 Å². The fraction of sp³-hybridized carbons (Fsp3) is 0.130. The maximum atomic E-state index is 13.8. The first-order valence-electron chi connectivity index (χ1n) is 9.91. The van der Waals surface area contributed by atoms with Crippen LogP contribution in [0, 0.1) is 13.8 Å². The molecule has 0 atom stereocenters. The molecule has 2 aromatic carbocycles. The van der Waals surface area contributed by atoms with E-state index in [4.69, 9.17) is 11.6 Å². The minimum atomic E-state index is -3.65. The zero-order chi connectivity index (χ0) is 23.3. The monoisotopic (exact) mass is 483 g/mol. The number of benzene rings is 2. The van der Waals surface area contributed by atoms with E-state index in [-0.39, 0.29) is 11.3 Å². The van der Waals surface area contributed by atoms with Gasteiger partial charge in [-0.25, -0.2) is 14.5 Å². The Hall–Kier alpha value is -3.43. The zero-order valence-corrected chi connectivity index (χ0v) is 19.0. The van der Waals surface area contributed by atoms with E-state index in [0.717, 1.165) is 31.4 Å². The molecule has 1 amide bonds. The van der Waals surface area contributed by atoms with Gasteiger partial charge in [0, 0.05) is 23.0 Å². The maximum absolute atomic E-state index is 13.8. The van der Waals surface area contributed by atoms with Gasteiger partial charge in [0.05, 0.1) is 10.2 Å². The summed E-state index contributed by atoms with van der Waals surface area (Å²) in [5.74, 6) is -0.551. The number of carbonyl (C=O) groups is 1. The number of amides is 1. The summed E-state index contributed by atoms with van der Waals surface area (Å²) in [6.07, 6.45) is 0. The van der Waals surface area contributed by atoms with Gasteiger partial charge in [0.15, 0.2) is 11.3 Å². The predicted octanol–water partition coefficient (Wildman–Crippen LogP) is 6.16. The molecule has 6 nitrogen and oxygen atoms in total. The minimum Gasteiger partial charge on any atom is -0.321 e. The van der Waals surface area contributed by atoms with E-state index in [9.17, 15) is 13.6 Å². The normalized spacial score (nSPS) is 11.9. The third-order valence-electron chi connectivity index (χ3n) is 5.01. The Kier molecular flexibility index (Phi) is 5.10. The molecule has 0 saturated carbocycles. The molecule has 0 fully saturated rings. The second-order valence-corrected chi connectivity index (χ2v) is 9.11. The highest BCUT2D eigenvalue weighted by Gasteiger charge is 2.32. The number of halogens is 3. The number of rotatable bonds is 4. The first-order chi connectivity index (χ1) is 15.7. The highest BCUT2D eigenvalue weighted by atomic mass is 35.5. The lowest BCUT2D eigenvalue weighted by Crippen LogP contribution is -2.15. The van der Waals surface area contributed by atoms with Crippen LogP contribution >= 0.6 is 22.9 Å². The van der Waals surface area contributed by atoms with Crippen LogP contribution in [0.4, 0.5) is 14.5 Å². The van der Waals surface area contributed by atoms with E-state index in [2.05, 4.69) is 26.4 Å². The standard InChI is InChI=1S/C23H16ClF2N5OS/c1-12-3-8-16-18(9-12)33-22(29-16)14-4-6-15(7-5-14)28-21(32)17-11-20-27-13(2)10-19(23(24,25)26)31(20)30-17/h3-11H,1-2H3,(H,28,32). The topological polar surface area (TPSA) is 72.2 Å². The van der Waals surface area contributed by atoms with E-state index < -0.39 is 17.0 Å². The molecule has 3 heterocycles.